The standard InChI is InChI=1S/C42H73ClN2O3/c1-3-5-7-9-11-15-26-42(27-16-12-10-8-6-4-2)38-28-32(40(43)46)22-24-36(38)37-25-23-33(29-39(37)42)41(47)44-45-48-30-34-20-17-19-31-18-13-14-21-35(31)34/h31-39,45H,3-30H2,1-2H3,(H,44,47). The van der Waals surface area contributed by atoms with Crippen LogP contribution in [0.25, 0.3) is 0 Å². The van der Waals surface area contributed by atoms with E-state index in [-0.39, 0.29) is 28.4 Å². The molecule has 5 nitrogen and oxygen atoms in total. The van der Waals surface area contributed by atoms with Crippen LogP contribution in [-0.4, -0.2) is 17.8 Å². The van der Waals surface area contributed by atoms with Gasteiger partial charge in [0, 0.05) is 11.8 Å². The van der Waals surface area contributed by atoms with E-state index in [9.17, 15) is 9.59 Å². The number of hydrogen-bond acceptors (Lipinski definition) is 4. The van der Waals surface area contributed by atoms with Gasteiger partial charge in [0.2, 0.25) is 11.1 Å². The second-order valence-corrected chi connectivity index (χ2v) is 17.8. The van der Waals surface area contributed by atoms with Gasteiger partial charge in [0.15, 0.2) is 0 Å². The van der Waals surface area contributed by atoms with Crippen LogP contribution in [-0.2, 0) is 14.4 Å². The summed E-state index contributed by atoms with van der Waals surface area (Å²) in [6, 6.07) is 0. The molecule has 5 saturated carbocycles. The van der Waals surface area contributed by atoms with E-state index in [1.54, 1.807) is 0 Å². The first kappa shape index (κ1) is 38.6. The first-order chi connectivity index (χ1) is 23.5. The fraction of sp³-hybridized carbons (Fsp3) is 0.952. The van der Waals surface area contributed by atoms with Crippen molar-refractivity contribution >= 4 is 22.8 Å². The highest BCUT2D eigenvalue weighted by Gasteiger charge is 2.61. The summed E-state index contributed by atoms with van der Waals surface area (Å²) < 4.78 is 0. The zero-order valence-corrected chi connectivity index (χ0v) is 31.9. The van der Waals surface area contributed by atoms with Crippen LogP contribution in [0.2, 0.25) is 0 Å². The quantitative estimate of drug-likeness (QED) is 0.0759. The van der Waals surface area contributed by atoms with Gasteiger partial charge in [0.25, 0.3) is 0 Å². The molecule has 5 rings (SSSR count). The van der Waals surface area contributed by atoms with Gasteiger partial charge in [-0.2, -0.15) is 0 Å². The largest absolute Gasteiger partial charge is 0.282 e. The number of fused-ring (bicyclic) bond motifs is 4. The van der Waals surface area contributed by atoms with Crippen LogP contribution < -0.4 is 11.0 Å². The minimum absolute atomic E-state index is 0.0232. The summed E-state index contributed by atoms with van der Waals surface area (Å²) in [7, 11) is 0. The molecule has 9 atom stereocenters. The van der Waals surface area contributed by atoms with Gasteiger partial charge in [-0.05, 0) is 123 Å². The average Bonchev–Trinajstić information content (AvgIpc) is 3.37. The van der Waals surface area contributed by atoms with E-state index in [0.717, 1.165) is 50.4 Å². The predicted molar refractivity (Wildman–Crippen MR) is 198 cm³/mol. The maximum absolute atomic E-state index is 13.7. The Morgan fingerprint density at radius 3 is 1.85 bits per heavy atom. The summed E-state index contributed by atoms with van der Waals surface area (Å²) in [4.78, 5) is 32.3. The lowest BCUT2D eigenvalue weighted by atomic mass is 9.58. The third-order valence-electron chi connectivity index (χ3n) is 14.8. The van der Waals surface area contributed by atoms with Crippen molar-refractivity contribution in [2.24, 2.45) is 58.7 Å². The van der Waals surface area contributed by atoms with E-state index in [1.807, 2.05) is 0 Å². The molecule has 9 unspecified atom stereocenters. The van der Waals surface area contributed by atoms with Crippen LogP contribution >= 0.6 is 11.6 Å². The zero-order chi connectivity index (χ0) is 33.8. The van der Waals surface area contributed by atoms with E-state index in [4.69, 9.17) is 16.4 Å². The first-order valence-corrected chi connectivity index (χ1v) is 21.7. The Balaban J connectivity index is 1.23. The molecule has 0 bridgehead atoms. The molecule has 0 spiro atoms. The van der Waals surface area contributed by atoms with Crippen molar-refractivity contribution in [3.8, 4) is 0 Å². The number of carbonyl (C=O) groups excluding carboxylic acids is 2. The topological polar surface area (TPSA) is 67.4 Å². The maximum Gasteiger partial charge on any atom is 0.238 e. The van der Waals surface area contributed by atoms with Crippen LogP contribution in [0.5, 0.6) is 0 Å². The van der Waals surface area contributed by atoms with Gasteiger partial charge < -0.3 is 0 Å². The molecule has 276 valence electrons. The van der Waals surface area contributed by atoms with Gasteiger partial charge in [-0.1, -0.05) is 123 Å². The van der Waals surface area contributed by atoms with Crippen LogP contribution in [0, 0.1) is 58.7 Å². The smallest absolute Gasteiger partial charge is 0.238 e. The molecule has 5 aliphatic carbocycles. The molecule has 0 aromatic carbocycles. The van der Waals surface area contributed by atoms with Gasteiger partial charge in [-0.15, -0.1) is 5.59 Å². The van der Waals surface area contributed by atoms with Crippen LogP contribution in [0.1, 0.15) is 187 Å². The van der Waals surface area contributed by atoms with Crippen LogP contribution in [0.4, 0.5) is 0 Å². The molecule has 5 aliphatic rings. The Morgan fingerprint density at radius 2 is 1.21 bits per heavy atom. The number of nitrogens with one attached hydrogen (secondary N) is 2. The average molecular weight is 690 g/mol. The lowest BCUT2D eigenvalue weighted by Gasteiger charge is -2.46. The number of rotatable bonds is 20. The molecular formula is C42H73ClN2O3. The van der Waals surface area contributed by atoms with Crippen LogP contribution in [0.3, 0.4) is 0 Å². The molecule has 0 aromatic heterocycles. The summed E-state index contributed by atoms with van der Waals surface area (Å²) in [6.45, 7) is 5.30. The molecule has 1 amide bonds. The van der Waals surface area contributed by atoms with Gasteiger partial charge in [-0.25, -0.2) is 0 Å². The van der Waals surface area contributed by atoms with Crippen molar-refractivity contribution in [3.05, 3.63) is 0 Å². The number of unbranched alkanes of at least 4 members (excludes halogenated alkanes) is 10. The predicted octanol–water partition coefficient (Wildman–Crippen LogP) is 11.5. The lowest BCUT2D eigenvalue weighted by molar-refractivity contribution is -0.135. The Morgan fingerprint density at radius 1 is 0.646 bits per heavy atom. The lowest BCUT2D eigenvalue weighted by Crippen LogP contribution is -2.46. The summed E-state index contributed by atoms with van der Waals surface area (Å²) in [5, 5.41) is -0.105. The molecule has 0 saturated heterocycles. The normalized spacial score (nSPS) is 34.2. The van der Waals surface area contributed by atoms with Crippen molar-refractivity contribution in [2.45, 2.75) is 187 Å². The number of halogens is 1. The minimum atomic E-state index is -0.105. The molecule has 0 aliphatic heterocycles. The molecule has 0 heterocycles. The highest BCUT2D eigenvalue weighted by molar-refractivity contribution is 6.64. The number of carbonyl (C=O) groups is 2. The monoisotopic (exact) mass is 689 g/mol. The van der Waals surface area contributed by atoms with Crippen molar-refractivity contribution in [1.82, 2.24) is 11.0 Å². The van der Waals surface area contributed by atoms with Gasteiger partial charge in [0.1, 0.15) is 0 Å². The second kappa shape index (κ2) is 19.8. The van der Waals surface area contributed by atoms with E-state index < -0.39 is 0 Å². The fourth-order valence-electron chi connectivity index (χ4n) is 12.4. The fourth-order valence-corrected chi connectivity index (χ4v) is 12.6. The van der Waals surface area contributed by atoms with Gasteiger partial charge >= 0.3 is 0 Å². The summed E-state index contributed by atoms with van der Waals surface area (Å²) in [5.74, 6) is 5.09. The zero-order valence-electron chi connectivity index (χ0n) is 31.1. The Kier molecular flexibility index (Phi) is 15.9. The maximum atomic E-state index is 13.7. The molecule has 6 heteroatoms. The number of amides is 1. The number of hydrogen-bond donors (Lipinski definition) is 2. The van der Waals surface area contributed by atoms with E-state index in [2.05, 4.69) is 24.9 Å². The summed E-state index contributed by atoms with van der Waals surface area (Å²) in [6.07, 6.45) is 34.2. The Hall–Kier alpha value is -0.650. The first-order valence-electron chi connectivity index (χ1n) is 21.3. The van der Waals surface area contributed by atoms with Gasteiger partial charge in [-0.3, -0.25) is 19.9 Å². The SMILES string of the molecule is CCCCCCCCC1(CCCCCCCC)C2CC(C(=O)Cl)CCC2C2CCC(C(=O)NNOCC3CCCC4CCCCC43)CC21. The second-order valence-electron chi connectivity index (χ2n) is 17.4. The van der Waals surface area contributed by atoms with E-state index in [1.165, 1.54) is 135 Å². The highest BCUT2D eigenvalue weighted by Crippen LogP contribution is 2.68. The molecular weight excluding hydrogens is 616 g/mol. The van der Waals surface area contributed by atoms with Crippen molar-refractivity contribution in [3.63, 3.8) is 0 Å². The summed E-state index contributed by atoms with van der Waals surface area (Å²) in [5.41, 5.74) is 6.21. The molecule has 2 N–H and O–H groups in total. The van der Waals surface area contributed by atoms with Gasteiger partial charge in [0.05, 0.1) is 6.61 Å². The molecule has 5 fully saturated rings. The van der Waals surface area contributed by atoms with Crippen molar-refractivity contribution < 1.29 is 14.4 Å². The van der Waals surface area contributed by atoms with Crippen LogP contribution in [0.15, 0.2) is 0 Å². The Bertz CT molecular complexity index is 957. The minimum Gasteiger partial charge on any atom is -0.282 e. The molecule has 48 heavy (non-hydrogen) atoms. The summed E-state index contributed by atoms with van der Waals surface area (Å²) >= 11 is 6.24. The van der Waals surface area contributed by atoms with Crippen molar-refractivity contribution in [1.29, 1.82) is 0 Å². The number of hydrazine groups is 1. The van der Waals surface area contributed by atoms with E-state index >= 15 is 0 Å². The van der Waals surface area contributed by atoms with Crippen molar-refractivity contribution in [2.75, 3.05) is 6.61 Å². The highest BCUT2D eigenvalue weighted by atomic mass is 35.5. The molecule has 0 aromatic rings. The molecule has 0 radical (unpaired) electrons. The van der Waals surface area contributed by atoms with E-state index in [0.29, 0.717) is 36.2 Å². The Labute approximate surface area is 299 Å². The third-order valence-corrected chi connectivity index (χ3v) is 15.1. The third kappa shape index (κ3) is 9.81.